The van der Waals surface area contributed by atoms with Crippen molar-refractivity contribution in [1.29, 1.82) is 0 Å². The van der Waals surface area contributed by atoms with E-state index >= 15 is 0 Å². The zero-order chi connectivity index (χ0) is 17.0. The molecule has 0 aliphatic carbocycles. The molecule has 0 radical (unpaired) electrons. The molecular weight excluding hydrogens is 302 g/mol. The van der Waals surface area contributed by atoms with Gasteiger partial charge in [0.1, 0.15) is 6.61 Å². The summed E-state index contributed by atoms with van der Waals surface area (Å²) in [5, 5.41) is 0. The van der Waals surface area contributed by atoms with Crippen molar-refractivity contribution in [3.05, 3.63) is 36.4 Å². The van der Waals surface area contributed by atoms with Gasteiger partial charge in [0.25, 0.3) is 0 Å². The highest BCUT2D eigenvalue weighted by molar-refractivity contribution is 5.43. The van der Waals surface area contributed by atoms with Crippen LogP contribution in [0.25, 0.3) is 0 Å². The Balaban J connectivity index is 1.63. The predicted molar refractivity (Wildman–Crippen MR) is 98.1 cm³/mol. The van der Waals surface area contributed by atoms with Crippen LogP contribution in [0.4, 0.5) is 0 Å². The second-order valence-corrected chi connectivity index (χ2v) is 6.19. The molecule has 4 nitrogen and oxygen atoms in total. The van der Waals surface area contributed by atoms with E-state index in [9.17, 15) is 0 Å². The van der Waals surface area contributed by atoms with Crippen LogP contribution in [0.3, 0.4) is 0 Å². The molecule has 0 bridgehead atoms. The summed E-state index contributed by atoms with van der Waals surface area (Å²) in [5.74, 6) is 1.53. The number of ether oxygens (including phenoxy) is 3. The van der Waals surface area contributed by atoms with Crippen molar-refractivity contribution >= 4 is 0 Å². The highest BCUT2D eigenvalue weighted by Crippen LogP contribution is 2.28. The molecule has 0 aromatic heterocycles. The van der Waals surface area contributed by atoms with Crippen molar-refractivity contribution < 1.29 is 14.2 Å². The number of methoxy groups -OCH3 is 1. The number of allylic oxidation sites excluding steroid dienone is 1. The monoisotopic (exact) mass is 333 g/mol. The lowest BCUT2D eigenvalue weighted by atomic mass is 10.1. The Hall–Kier alpha value is -1.52. The summed E-state index contributed by atoms with van der Waals surface area (Å²) in [6.45, 7) is 9.14. The summed E-state index contributed by atoms with van der Waals surface area (Å²) in [6, 6.07) is 5.99. The van der Waals surface area contributed by atoms with Gasteiger partial charge in [0.2, 0.25) is 0 Å². The van der Waals surface area contributed by atoms with E-state index in [1.165, 1.54) is 44.3 Å². The molecule has 1 saturated heterocycles. The van der Waals surface area contributed by atoms with Crippen LogP contribution < -0.4 is 9.47 Å². The molecule has 0 amide bonds. The van der Waals surface area contributed by atoms with Crippen LogP contribution in [-0.2, 0) is 11.2 Å². The Morgan fingerprint density at radius 3 is 2.54 bits per heavy atom. The number of rotatable bonds is 10. The minimum absolute atomic E-state index is 0.539. The fourth-order valence-corrected chi connectivity index (χ4v) is 2.99. The van der Waals surface area contributed by atoms with Gasteiger partial charge in [0.05, 0.1) is 20.3 Å². The molecule has 0 spiro atoms. The molecule has 134 valence electrons. The number of likely N-dealkylation sites (tertiary alicyclic amines) is 1. The number of hydrogen-bond acceptors (Lipinski definition) is 4. The summed E-state index contributed by atoms with van der Waals surface area (Å²) >= 11 is 0. The van der Waals surface area contributed by atoms with Gasteiger partial charge in [-0.05, 0) is 50.0 Å². The highest BCUT2D eigenvalue weighted by Gasteiger charge is 2.08. The first kappa shape index (κ1) is 18.8. The van der Waals surface area contributed by atoms with Crippen LogP contribution in [0, 0.1) is 0 Å². The fourth-order valence-electron chi connectivity index (χ4n) is 2.99. The third-order valence-electron chi connectivity index (χ3n) is 4.34. The van der Waals surface area contributed by atoms with Crippen molar-refractivity contribution in [2.24, 2.45) is 0 Å². The maximum absolute atomic E-state index is 5.78. The molecule has 1 heterocycles. The molecule has 4 heteroatoms. The first-order valence-corrected chi connectivity index (χ1v) is 9.04. The smallest absolute Gasteiger partial charge is 0.161 e. The molecule has 1 aliphatic heterocycles. The second kappa shape index (κ2) is 11.1. The molecule has 1 aromatic carbocycles. The molecule has 0 saturated carbocycles. The van der Waals surface area contributed by atoms with E-state index in [0.717, 1.165) is 31.1 Å². The number of nitrogens with zero attached hydrogens (tertiary/aromatic N) is 1. The number of hydrogen-bond donors (Lipinski definition) is 0. The lowest BCUT2D eigenvalue weighted by Crippen LogP contribution is -2.29. The quantitative estimate of drug-likeness (QED) is 0.483. The van der Waals surface area contributed by atoms with E-state index in [4.69, 9.17) is 14.2 Å². The van der Waals surface area contributed by atoms with Gasteiger partial charge >= 0.3 is 0 Å². The summed E-state index contributed by atoms with van der Waals surface area (Å²) in [7, 11) is 1.66. The first-order chi connectivity index (χ1) is 11.8. The highest BCUT2D eigenvalue weighted by atomic mass is 16.5. The van der Waals surface area contributed by atoms with Crippen LogP contribution in [0.5, 0.6) is 11.5 Å². The van der Waals surface area contributed by atoms with Crippen LogP contribution >= 0.6 is 0 Å². The zero-order valence-electron chi connectivity index (χ0n) is 15.0. The Bertz CT molecular complexity index is 482. The topological polar surface area (TPSA) is 30.9 Å². The maximum atomic E-state index is 5.78. The minimum atomic E-state index is 0.539. The van der Waals surface area contributed by atoms with E-state index in [-0.39, 0.29) is 0 Å². The third-order valence-corrected chi connectivity index (χ3v) is 4.34. The summed E-state index contributed by atoms with van der Waals surface area (Å²) in [5.41, 5.74) is 1.17. The van der Waals surface area contributed by atoms with Crippen LogP contribution in [0.1, 0.15) is 31.2 Å². The molecule has 0 atom stereocenters. The summed E-state index contributed by atoms with van der Waals surface area (Å²) in [4.78, 5) is 2.51. The van der Waals surface area contributed by atoms with Gasteiger partial charge in [-0.3, -0.25) is 0 Å². The fraction of sp³-hybridized carbons (Fsp3) is 0.600. The molecule has 1 aromatic rings. The lowest BCUT2D eigenvalue weighted by Gasteiger charge is -2.19. The van der Waals surface area contributed by atoms with Crippen molar-refractivity contribution in [3.8, 4) is 11.5 Å². The van der Waals surface area contributed by atoms with Crippen molar-refractivity contribution in [3.63, 3.8) is 0 Å². The Morgan fingerprint density at radius 1 is 1.04 bits per heavy atom. The molecule has 0 N–H and O–H groups in total. The van der Waals surface area contributed by atoms with Gasteiger partial charge < -0.3 is 19.1 Å². The van der Waals surface area contributed by atoms with Crippen LogP contribution in [0.15, 0.2) is 30.9 Å². The van der Waals surface area contributed by atoms with E-state index < -0.39 is 0 Å². The molecule has 1 fully saturated rings. The Kier molecular flexibility index (Phi) is 8.71. The van der Waals surface area contributed by atoms with Gasteiger partial charge in [-0.1, -0.05) is 25.0 Å². The normalized spacial score (nSPS) is 15.7. The molecular formula is C20H31NO3. The van der Waals surface area contributed by atoms with Crippen LogP contribution in [0.2, 0.25) is 0 Å². The predicted octanol–water partition coefficient (Wildman–Crippen LogP) is 3.70. The van der Waals surface area contributed by atoms with E-state index in [2.05, 4.69) is 11.5 Å². The van der Waals surface area contributed by atoms with Gasteiger partial charge in [-0.25, -0.2) is 0 Å². The van der Waals surface area contributed by atoms with Gasteiger partial charge in [0, 0.05) is 6.54 Å². The molecule has 1 aliphatic rings. The van der Waals surface area contributed by atoms with E-state index in [0.29, 0.717) is 13.2 Å². The molecule has 0 unspecified atom stereocenters. The van der Waals surface area contributed by atoms with Gasteiger partial charge in [-0.15, -0.1) is 6.58 Å². The molecule has 2 rings (SSSR count). The summed E-state index contributed by atoms with van der Waals surface area (Å²) < 4.78 is 16.9. The average Bonchev–Trinajstić information content (AvgIpc) is 2.88. The van der Waals surface area contributed by atoms with E-state index in [1.807, 2.05) is 24.3 Å². The van der Waals surface area contributed by atoms with Gasteiger partial charge in [0.15, 0.2) is 11.5 Å². The third kappa shape index (κ3) is 6.54. The lowest BCUT2D eigenvalue weighted by molar-refractivity contribution is 0.0797. The minimum Gasteiger partial charge on any atom is -0.493 e. The zero-order valence-corrected chi connectivity index (χ0v) is 15.0. The van der Waals surface area contributed by atoms with Crippen molar-refractivity contribution in [2.75, 3.05) is 46.6 Å². The number of benzene rings is 1. The Labute approximate surface area is 146 Å². The average molecular weight is 333 g/mol. The summed E-state index contributed by atoms with van der Waals surface area (Å²) in [6.07, 6.45) is 8.11. The van der Waals surface area contributed by atoms with Crippen LogP contribution in [-0.4, -0.2) is 51.5 Å². The van der Waals surface area contributed by atoms with E-state index in [1.54, 1.807) is 7.11 Å². The SMILES string of the molecule is C=CCc1ccc(OCCOCCN2CCCCCC2)c(OC)c1. The second-order valence-electron chi connectivity index (χ2n) is 6.19. The maximum Gasteiger partial charge on any atom is 0.161 e. The Morgan fingerprint density at radius 2 is 1.83 bits per heavy atom. The van der Waals surface area contributed by atoms with Gasteiger partial charge in [-0.2, -0.15) is 0 Å². The van der Waals surface area contributed by atoms with Crippen molar-refractivity contribution in [1.82, 2.24) is 4.90 Å². The standard InChI is InChI=1S/C20H31NO3/c1-3-8-18-9-10-19(20(17-18)22-2)24-16-15-23-14-13-21-11-6-4-5-7-12-21/h3,9-10,17H,1,4-8,11-16H2,2H3. The first-order valence-electron chi connectivity index (χ1n) is 9.04. The molecule has 24 heavy (non-hydrogen) atoms. The largest absolute Gasteiger partial charge is 0.493 e. The van der Waals surface area contributed by atoms with Crippen molar-refractivity contribution in [2.45, 2.75) is 32.1 Å².